The largest absolute Gasteiger partial charge is 0.495 e. The summed E-state index contributed by atoms with van der Waals surface area (Å²) in [7, 11) is 3.49. The SMILES string of the molecule is COc1ccccc1N(C)CCC(C)(N)C(=O)O. The number of aliphatic carboxylic acids is 1. The Morgan fingerprint density at radius 3 is 2.67 bits per heavy atom. The van der Waals surface area contributed by atoms with Gasteiger partial charge in [-0.3, -0.25) is 4.79 Å². The molecule has 0 bridgehead atoms. The number of methoxy groups -OCH3 is 1. The number of benzene rings is 1. The van der Waals surface area contributed by atoms with Crippen molar-refractivity contribution >= 4 is 11.7 Å². The Hall–Kier alpha value is -1.75. The molecule has 0 spiro atoms. The predicted molar refractivity (Wildman–Crippen MR) is 71.1 cm³/mol. The van der Waals surface area contributed by atoms with E-state index in [9.17, 15) is 4.79 Å². The van der Waals surface area contributed by atoms with Crippen LogP contribution in [0.5, 0.6) is 5.75 Å². The van der Waals surface area contributed by atoms with Crippen LogP contribution in [-0.2, 0) is 4.79 Å². The van der Waals surface area contributed by atoms with E-state index in [2.05, 4.69) is 0 Å². The molecular formula is C13H20N2O3. The van der Waals surface area contributed by atoms with E-state index in [-0.39, 0.29) is 0 Å². The Morgan fingerprint density at radius 2 is 2.11 bits per heavy atom. The molecule has 1 rings (SSSR count). The molecule has 0 radical (unpaired) electrons. The number of carbonyl (C=O) groups is 1. The Balaban J connectivity index is 2.71. The first-order chi connectivity index (χ1) is 8.38. The molecule has 18 heavy (non-hydrogen) atoms. The van der Waals surface area contributed by atoms with E-state index in [1.165, 1.54) is 6.92 Å². The van der Waals surface area contributed by atoms with Crippen molar-refractivity contribution < 1.29 is 14.6 Å². The van der Waals surface area contributed by atoms with Gasteiger partial charge in [-0.15, -0.1) is 0 Å². The number of hydrogen-bond acceptors (Lipinski definition) is 4. The maximum atomic E-state index is 10.9. The van der Waals surface area contributed by atoms with E-state index in [4.69, 9.17) is 15.6 Å². The second-order valence-electron chi connectivity index (χ2n) is 4.57. The van der Waals surface area contributed by atoms with Crippen molar-refractivity contribution in [1.82, 2.24) is 0 Å². The topological polar surface area (TPSA) is 75.8 Å². The summed E-state index contributed by atoms with van der Waals surface area (Å²) in [5.41, 5.74) is 5.40. The second kappa shape index (κ2) is 5.73. The Bertz CT molecular complexity index is 418. The third-order valence-electron chi connectivity index (χ3n) is 2.95. The Morgan fingerprint density at radius 1 is 1.50 bits per heavy atom. The highest BCUT2D eigenvalue weighted by atomic mass is 16.5. The lowest BCUT2D eigenvalue weighted by Crippen LogP contribution is -2.47. The average Bonchev–Trinajstić information content (AvgIpc) is 2.35. The van der Waals surface area contributed by atoms with Crippen LogP contribution in [0.3, 0.4) is 0 Å². The average molecular weight is 252 g/mol. The number of nitrogens with zero attached hydrogens (tertiary/aromatic N) is 1. The fourth-order valence-electron chi connectivity index (χ4n) is 1.57. The highest BCUT2D eigenvalue weighted by Crippen LogP contribution is 2.27. The number of anilines is 1. The highest BCUT2D eigenvalue weighted by molar-refractivity contribution is 5.77. The molecule has 0 aromatic heterocycles. The van der Waals surface area contributed by atoms with Gasteiger partial charge >= 0.3 is 5.97 Å². The van der Waals surface area contributed by atoms with E-state index in [0.29, 0.717) is 13.0 Å². The van der Waals surface area contributed by atoms with Crippen molar-refractivity contribution in [2.45, 2.75) is 18.9 Å². The lowest BCUT2D eigenvalue weighted by atomic mass is 9.99. The third kappa shape index (κ3) is 3.37. The molecule has 0 saturated heterocycles. The monoisotopic (exact) mass is 252 g/mol. The van der Waals surface area contributed by atoms with E-state index >= 15 is 0 Å². The van der Waals surface area contributed by atoms with Crippen LogP contribution >= 0.6 is 0 Å². The van der Waals surface area contributed by atoms with Gasteiger partial charge in [0.15, 0.2) is 0 Å². The van der Waals surface area contributed by atoms with Crippen molar-refractivity contribution in [3.05, 3.63) is 24.3 Å². The van der Waals surface area contributed by atoms with Crippen LogP contribution in [0.25, 0.3) is 0 Å². The molecule has 1 aromatic rings. The molecule has 0 aliphatic heterocycles. The van der Waals surface area contributed by atoms with E-state index in [0.717, 1.165) is 11.4 Å². The van der Waals surface area contributed by atoms with Crippen molar-refractivity contribution in [2.24, 2.45) is 5.73 Å². The van der Waals surface area contributed by atoms with Gasteiger partial charge < -0.3 is 20.5 Å². The van der Waals surface area contributed by atoms with Crippen LogP contribution in [0, 0.1) is 0 Å². The smallest absolute Gasteiger partial charge is 0.323 e. The van der Waals surface area contributed by atoms with Crippen molar-refractivity contribution in [3.63, 3.8) is 0 Å². The molecule has 0 saturated carbocycles. The molecule has 1 atom stereocenters. The number of hydrogen-bond donors (Lipinski definition) is 2. The summed E-state index contributed by atoms with van der Waals surface area (Å²) < 4.78 is 5.26. The summed E-state index contributed by atoms with van der Waals surface area (Å²) in [6.45, 7) is 2.06. The summed E-state index contributed by atoms with van der Waals surface area (Å²) >= 11 is 0. The zero-order valence-corrected chi connectivity index (χ0v) is 11.0. The van der Waals surface area contributed by atoms with Gasteiger partial charge in [-0.25, -0.2) is 0 Å². The minimum absolute atomic E-state index is 0.358. The lowest BCUT2D eigenvalue weighted by molar-refractivity contribution is -0.142. The van der Waals surface area contributed by atoms with Gasteiger partial charge in [0.2, 0.25) is 0 Å². The van der Waals surface area contributed by atoms with Gasteiger partial charge in [-0.2, -0.15) is 0 Å². The first-order valence-electron chi connectivity index (χ1n) is 5.75. The molecule has 1 unspecified atom stereocenters. The summed E-state index contributed by atoms with van der Waals surface area (Å²) in [6, 6.07) is 7.59. The fourth-order valence-corrected chi connectivity index (χ4v) is 1.57. The van der Waals surface area contributed by atoms with E-state index in [1.54, 1.807) is 7.11 Å². The van der Waals surface area contributed by atoms with Gasteiger partial charge in [0, 0.05) is 13.6 Å². The van der Waals surface area contributed by atoms with Crippen molar-refractivity contribution in [3.8, 4) is 5.75 Å². The summed E-state index contributed by atoms with van der Waals surface area (Å²) in [4.78, 5) is 12.9. The van der Waals surface area contributed by atoms with Crippen LogP contribution < -0.4 is 15.4 Å². The highest BCUT2D eigenvalue weighted by Gasteiger charge is 2.28. The lowest BCUT2D eigenvalue weighted by Gasteiger charge is -2.26. The fraction of sp³-hybridized carbons (Fsp3) is 0.462. The molecule has 0 heterocycles. The predicted octanol–water partition coefficient (Wildman–Crippen LogP) is 1.32. The molecule has 0 fully saturated rings. The molecule has 5 heteroatoms. The minimum Gasteiger partial charge on any atom is -0.495 e. The quantitative estimate of drug-likeness (QED) is 0.798. The molecule has 0 amide bonds. The summed E-state index contributed by atoms with van der Waals surface area (Å²) in [6.07, 6.45) is 0.358. The van der Waals surface area contributed by atoms with Gasteiger partial charge in [-0.1, -0.05) is 12.1 Å². The molecule has 3 N–H and O–H groups in total. The van der Waals surface area contributed by atoms with Gasteiger partial charge in [-0.05, 0) is 25.5 Å². The summed E-state index contributed by atoms with van der Waals surface area (Å²) in [5.74, 6) is -0.232. The molecule has 0 aliphatic rings. The van der Waals surface area contributed by atoms with Crippen LogP contribution in [0.1, 0.15) is 13.3 Å². The summed E-state index contributed by atoms with van der Waals surface area (Å²) in [5, 5.41) is 8.96. The number of rotatable bonds is 6. The van der Waals surface area contributed by atoms with Gasteiger partial charge in [0.05, 0.1) is 12.8 Å². The molecule has 5 nitrogen and oxygen atoms in total. The van der Waals surface area contributed by atoms with Crippen LogP contribution in [0.4, 0.5) is 5.69 Å². The van der Waals surface area contributed by atoms with Crippen LogP contribution in [-0.4, -0.2) is 37.3 Å². The standard InChI is InChI=1S/C13H20N2O3/c1-13(14,12(16)17)8-9-15(2)10-6-4-5-7-11(10)18-3/h4-7H,8-9,14H2,1-3H3,(H,16,17). The molecule has 0 aliphatic carbocycles. The molecule has 1 aromatic carbocycles. The van der Waals surface area contributed by atoms with Crippen molar-refractivity contribution in [1.29, 1.82) is 0 Å². The number of para-hydroxylation sites is 2. The maximum Gasteiger partial charge on any atom is 0.323 e. The molecular weight excluding hydrogens is 232 g/mol. The maximum absolute atomic E-state index is 10.9. The molecule has 100 valence electrons. The van der Waals surface area contributed by atoms with Crippen LogP contribution in [0.2, 0.25) is 0 Å². The third-order valence-corrected chi connectivity index (χ3v) is 2.95. The number of carboxylic acid groups (broad SMARTS) is 1. The Labute approximate surface area is 107 Å². The first-order valence-corrected chi connectivity index (χ1v) is 5.75. The van der Waals surface area contributed by atoms with Gasteiger partial charge in [0.1, 0.15) is 11.3 Å². The zero-order chi connectivity index (χ0) is 13.8. The van der Waals surface area contributed by atoms with E-state index in [1.807, 2.05) is 36.2 Å². The number of nitrogens with two attached hydrogens (primary N) is 1. The van der Waals surface area contributed by atoms with Crippen LogP contribution in [0.15, 0.2) is 24.3 Å². The second-order valence-corrected chi connectivity index (χ2v) is 4.57. The zero-order valence-electron chi connectivity index (χ0n) is 11.0. The normalized spacial score (nSPS) is 13.8. The van der Waals surface area contributed by atoms with Gasteiger partial charge in [0.25, 0.3) is 0 Å². The van der Waals surface area contributed by atoms with Crippen molar-refractivity contribution in [2.75, 3.05) is 25.6 Å². The Kier molecular flexibility index (Phi) is 4.55. The minimum atomic E-state index is -1.21. The van der Waals surface area contributed by atoms with E-state index < -0.39 is 11.5 Å². The number of ether oxygens (including phenoxy) is 1. The first kappa shape index (κ1) is 14.3. The number of carboxylic acids is 1.